The maximum absolute atomic E-state index is 9.99. The Labute approximate surface area is 128 Å². The summed E-state index contributed by atoms with van der Waals surface area (Å²) in [5.41, 5.74) is 1.01. The molecule has 0 bridgehead atoms. The van der Waals surface area contributed by atoms with Gasteiger partial charge in [-0.1, -0.05) is 27.7 Å². The fourth-order valence-corrected chi connectivity index (χ4v) is 2.15. The van der Waals surface area contributed by atoms with E-state index in [1.165, 1.54) is 0 Å². The molecule has 5 heteroatoms. The molecule has 0 aromatic carbocycles. The van der Waals surface area contributed by atoms with E-state index in [-0.39, 0.29) is 6.10 Å². The second kappa shape index (κ2) is 8.82. The molecular formula is C16H30N4O. The number of rotatable bonds is 9. The molecule has 0 fully saturated rings. The highest BCUT2D eigenvalue weighted by molar-refractivity contribution is 5.57. The van der Waals surface area contributed by atoms with Crippen molar-refractivity contribution in [3.05, 3.63) is 11.4 Å². The number of hydrogen-bond acceptors (Lipinski definition) is 5. The normalized spacial score (nSPS) is 12.5. The smallest absolute Gasteiger partial charge is 0.134 e. The number of aliphatic hydroxyl groups is 1. The Kier molecular flexibility index (Phi) is 7.43. The number of aryl methyl sites for hydroxylation is 1. The Morgan fingerprint density at radius 1 is 1.10 bits per heavy atom. The van der Waals surface area contributed by atoms with Crippen LogP contribution in [0.25, 0.3) is 0 Å². The summed E-state index contributed by atoms with van der Waals surface area (Å²) in [6, 6.07) is 0. The molecule has 1 heterocycles. The monoisotopic (exact) mass is 294 g/mol. The van der Waals surface area contributed by atoms with Gasteiger partial charge in [0.2, 0.25) is 0 Å². The minimum Gasteiger partial charge on any atom is -0.391 e. The van der Waals surface area contributed by atoms with Gasteiger partial charge in [0, 0.05) is 25.1 Å². The third kappa shape index (κ3) is 5.87. The molecule has 0 aliphatic carbocycles. The fourth-order valence-electron chi connectivity index (χ4n) is 2.15. The van der Waals surface area contributed by atoms with E-state index in [9.17, 15) is 5.11 Å². The molecule has 0 spiro atoms. The predicted molar refractivity (Wildman–Crippen MR) is 88.9 cm³/mol. The predicted octanol–water partition coefficient (Wildman–Crippen LogP) is 2.99. The van der Waals surface area contributed by atoms with Gasteiger partial charge in [0.05, 0.1) is 6.10 Å². The van der Waals surface area contributed by atoms with Crippen molar-refractivity contribution in [1.82, 2.24) is 9.97 Å². The molecule has 1 unspecified atom stereocenters. The van der Waals surface area contributed by atoms with E-state index in [0.29, 0.717) is 12.5 Å². The molecule has 120 valence electrons. The average molecular weight is 294 g/mol. The minimum absolute atomic E-state index is 0.350. The van der Waals surface area contributed by atoms with Gasteiger partial charge in [-0.15, -0.1) is 0 Å². The van der Waals surface area contributed by atoms with Crippen LogP contribution in [0.1, 0.15) is 51.9 Å². The lowest BCUT2D eigenvalue weighted by molar-refractivity contribution is 0.161. The molecule has 0 aliphatic rings. The first-order valence-electron chi connectivity index (χ1n) is 8.01. The van der Waals surface area contributed by atoms with E-state index >= 15 is 0 Å². The summed E-state index contributed by atoms with van der Waals surface area (Å²) in [5, 5.41) is 16.6. The van der Waals surface area contributed by atoms with Gasteiger partial charge in [0.25, 0.3) is 0 Å². The summed E-state index contributed by atoms with van der Waals surface area (Å²) in [6.07, 6.45) is 2.29. The Balaban J connectivity index is 2.79. The molecule has 0 amide bonds. The molecule has 3 N–H and O–H groups in total. The number of aromatic nitrogens is 2. The molecule has 21 heavy (non-hydrogen) atoms. The zero-order valence-electron chi connectivity index (χ0n) is 14.0. The van der Waals surface area contributed by atoms with Gasteiger partial charge in [-0.3, -0.25) is 0 Å². The Morgan fingerprint density at radius 2 is 1.71 bits per heavy atom. The summed E-state index contributed by atoms with van der Waals surface area (Å²) in [4.78, 5) is 9.08. The maximum atomic E-state index is 9.99. The number of anilines is 2. The zero-order valence-corrected chi connectivity index (χ0v) is 14.0. The van der Waals surface area contributed by atoms with Crippen LogP contribution < -0.4 is 10.6 Å². The number of aliphatic hydroxyl groups excluding tert-OH is 1. The standard InChI is InChI=1S/C16H30N4O/c1-6-8-17-15-12(5)16(20-14(7-2)19-15)18-10-13(21)9-11(3)4/h11,13,21H,6-10H2,1-5H3,(H2,17,18,19,20). The third-order valence-corrected chi connectivity index (χ3v) is 3.30. The lowest BCUT2D eigenvalue weighted by Crippen LogP contribution is -2.22. The van der Waals surface area contributed by atoms with E-state index in [2.05, 4.69) is 41.4 Å². The van der Waals surface area contributed by atoms with E-state index < -0.39 is 0 Å². The number of hydrogen-bond donors (Lipinski definition) is 3. The summed E-state index contributed by atoms with van der Waals surface area (Å²) in [6.45, 7) is 11.8. The van der Waals surface area contributed by atoms with Crippen molar-refractivity contribution in [1.29, 1.82) is 0 Å². The first kappa shape index (κ1) is 17.7. The highest BCUT2D eigenvalue weighted by Crippen LogP contribution is 2.20. The Morgan fingerprint density at radius 3 is 2.24 bits per heavy atom. The van der Waals surface area contributed by atoms with Crippen LogP contribution in [0.15, 0.2) is 0 Å². The van der Waals surface area contributed by atoms with Crippen molar-refractivity contribution in [3.8, 4) is 0 Å². The van der Waals surface area contributed by atoms with Crippen LogP contribution in [0, 0.1) is 12.8 Å². The average Bonchev–Trinajstić information content (AvgIpc) is 2.44. The van der Waals surface area contributed by atoms with Gasteiger partial charge in [-0.2, -0.15) is 0 Å². The van der Waals surface area contributed by atoms with E-state index in [4.69, 9.17) is 0 Å². The summed E-state index contributed by atoms with van der Waals surface area (Å²) >= 11 is 0. The molecule has 1 aromatic rings. The molecule has 5 nitrogen and oxygen atoms in total. The third-order valence-electron chi connectivity index (χ3n) is 3.30. The van der Waals surface area contributed by atoms with Crippen LogP contribution in [0.4, 0.5) is 11.6 Å². The first-order chi connectivity index (χ1) is 9.97. The molecule has 0 radical (unpaired) electrons. The van der Waals surface area contributed by atoms with Crippen molar-refractivity contribution in [2.24, 2.45) is 5.92 Å². The SMILES string of the molecule is CCCNc1nc(CC)nc(NCC(O)CC(C)C)c1C. The van der Waals surface area contributed by atoms with Crippen LogP contribution in [-0.2, 0) is 6.42 Å². The van der Waals surface area contributed by atoms with E-state index in [1.54, 1.807) is 0 Å². The van der Waals surface area contributed by atoms with Crippen molar-refractivity contribution in [3.63, 3.8) is 0 Å². The van der Waals surface area contributed by atoms with Crippen LogP contribution >= 0.6 is 0 Å². The fraction of sp³-hybridized carbons (Fsp3) is 0.750. The van der Waals surface area contributed by atoms with E-state index in [0.717, 1.165) is 48.8 Å². The van der Waals surface area contributed by atoms with Gasteiger partial charge >= 0.3 is 0 Å². The van der Waals surface area contributed by atoms with E-state index in [1.807, 2.05) is 13.8 Å². The van der Waals surface area contributed by atoms with Crippen molar-refractivity contribution in [2.75, 3.05) is 23.7 Å². The van der Waals surface area contributed by atoms with Crippen LogP contribution in [0.2, 0.25) is 0 Å². The minimum atomic E-state index is -0.350. The molecule has 1 aromatic heterocycles. The van der Waals surface area contributed by atoms with Crippen LogP contribution in [-0.4, -0.2) is 34.3 Å². The summed E-state index contributed by atoms with van der Waals surface area (Å²) in [7, 11) is 0. The number of nitrogens with one attached hydrogen (secondary N) is 2. The molecule has 0 saturated heterocycles. The van der Waals surface area contributed by atoms with Crippen molar-refractivity contribution in [2.45, 2.75) is 60.0 Å². The van der Waals surface area contributed by atoms with Gasteiger partial charge in [0.15, 0.2) is 0 Å². The second-order valence-electron chi connectivity index (χ2n) is 5.91. The molecule has 1 rings (SSSR count). The summed E-state index contributed by atoms with van der Waals surface area (Å²) in [5.74, 6) is 3.02. The highest BCUT2D eigenvalue weighted by atomic mass is 16.3. The Hall–Kier alpha value is -1.36. The molecular weight excluding hydrogens is 264 g/mol. The first-order valence-corrected chi connectivity index (χ1v) is 8.01. The number of nitrogens with zero attached hydrogens (tertiary/aromatic N) is 2. The lowest BCUT2D eigenvalue weighted by atomic mass is 10.1. The van der Waals surface area contributed by atoms with Crippen LogP contribution in [0.3, 0.4) is 0 Å². The topological polar surface area (TPSA) is 70.1 Å². The van der Waals surface area contributed by atoms with Crippen LogP contribution in [0.5, 0.6) is 0 Å². The van der Waals surface area contributed by atoms with Crippen molar-refractivity contribution < 1.29 is 5.11 Å². The van der Waals surface area contributed by atoms with Gasteiger partial charge in [0.1, 0.15) is 17.5 Å². The zero-order chi connectivity index (χ0) is 15.8. The van der Waals surface area contributed by atoms with Gasteiger partial charge in [-0.25, -0.2) is 9.97 Å². The summed E-state index contributed by atoms with van der Waals surface area (Å²) < 4.78 is 0. The largest absolute Gasteiger partial charge is 0.391 e. The maximum Gasteiger partial charge on any atom is 0.134 e. The van der Waals surface area contributed by atoms with Gasteiger partial charge in [-0.05, 0) is 25.7 Å². The Bertz CT molecular complexity index is 435. The van der Waals surface area contributed by atoms with Crippen molar-refractivity contribution >= 4 is 11.6 Å². The second-order valence-corrected chi connectivity index (χ2v) is 5.91. The molecule has 0 saturated carbocycles. The molecule has 0 aliphatic heterocycles. The highest BCUT2D eigenvalue weighted by Gasteiger charge is 2.12. The lowest BCUT2D eigenvalue weighted by Gasteiger charge is -2.17. The molecule has 1 atom stereocenters. The quantitative estimate of drug-likeness (QED) is 0.653. The van der Waals surface area contributed by atoms with Gasteiger partial charge < -0.3 is 15.7 Å².